The van der Waals surface area contributed by atoms with E-state index in [0.29, 0.717) is 25.3 Å². The Kier molecular flexibility index (Phi) is 5.12. The number of fused-ring (bicyclic) bond motifs is 1. The highest BCUT2D eigenvalue weighted by Crippen LogP contribution is 2.44. The summed E-state index contributed by atoms with van der Waals surface area (Å²) in [6, 6.07) is 10.9. The molecule has 2 aliphatic rings. The molecule has 3 heterocycles. The molecule has 30 heavy (non-hydrogen) atoms. The lowest BCUT2D eigenvalue weighted by Gasteiger charge is -2.28. The normalized spacial score (nSPS) is 16.9. The van der Waals surface area contributed by atoms with E-state index in [0.717, 1.165) is 48.6 Å². The maximum atomic E-state index is 11.1. The number of aryl methyl sites for hydroxylation is 1. The summed E-state index contributed by atoms with van der Waals surface area (Å²) in [5.41, 5.74) is 12.0. The molecular weight excluding hydrogens is 378 g/mol. The molecule has 0 unspecified atom stereocenters. The van der Waals surface area contributed by atoms with Crippen LogP contribution >= 0.6 is 0 Å². The molecule has 5 rings (SSSR count). The van der Waals surface area contributed by atoms with Gasteiger partial charge in [-0.2, -0.15) is 5.10 Å². The van der Waals surface area contributed by atoms with Gasteiger partial charge in [0.1, 0.15) is 5.52 Å². The highest BCUT2D eigenvalue weighted by Gasteiger charge is 2.28. The Labute approximate surface area is 175 Å². The lowest BCUT2D eigenvalue weighted by molar-refractivity contribution is -0.118. The molecule has 0 atom stereocenters. The van der Waals surface area contributed by atoms with Crippen LogP contribution in [-0.2, 0) is 16.1 Å². The first-order chi connectivity index (χ1) is 14.7. The minimum absolute atomic E-state index is 0.269. The van der Waals surface area contributed by atoms with Gasteiger partial charge in [0, 0.05) is 37.3 Å². The van der Waals surface area contributed by atoms with E-state index in [1.807, 2.05) is 10.9 Å². The number of hydrogen-bond acceptors (Lipinski definition) is 5. The Bertz CT molecular complexity index is 1050. The Balaban J connectivity index is 1.44. The Morgan fingerprint density at radius 1 is 1.17 bits per heavy atom. The molecular formula is C23H27N5O2. The maximum absolute atomic E-state index is 11.1. The number of benzene rings is 1. The fourth-order valence-electron chi connectivity index (χ4n) is 4.22. The summed E-state index contributed by atoms with van der Waals surface area (Å²) in [6.45, 7) is 4.12. The predicted molar refractivity (Wildman–Crippen MR) is 116 cm³/mol. The number of amides is 1. The molecule has 2 fully saturated rings. The highest BCUT2D eigenvalue weighted by molar-refractivity contribution is 5.83. The van der Waals surface area contributed by atoms with Crippen LogP contribution in [0.4, 0.5) is 5.69 Å². The number of nitrogens with two attached hydrogens (primary N) is 1. The monoisotopic (exact) mass is 405 g/mol. The molecule has 1 saturated heterocycles. The van der Waals surface area contributed by atoms with Gasteiger partial charge in [-0.15, -0.1) is 0 Å². The smallest absolute Gasteiger partial charge is 0.217 e. The minimum Gasteiger partial charge on any atom is -0.378 e. The topological polar surface area (TPSA) is 86.3 Å². The van der Waals surface area contributed by atoms with Crippen LogP contribution in [0.2, 0.25) is 0 Å². The van der Waals surface area contributed by atoms with E-state index in [1.54, 1.807) is 0 Å². The zero-order valence-corrected chi connectivity index (χ0v) is 17.1. The van der Waals surface area contributed by atoms with Crippen molar-refractivity contribution in [3.63, 3.8) is 0 Å². The number of primary amides is 1. The first-order valence-corrected chi connectivity index (χ1v) is 10.8. The SMILES string of the molecule is NC(=O)CCCn1ncc2nc(-c3ccc(N4CCOCC4)cc3)cc(C3CC3)c21. The molecule has 0 radical (unpaired) electrons. The van der Waals surface area contributed by atoms with E-state index < -0.39 is 0 Å². The van der Waals surface area contributed by atoms with Crippen molar-refractivity contribution in [3.8, 4) is 11.3 Å². The molecule has 1 aliphatic heterocycles. The molecule has 1 aromatic carbocycles. The fraction of sp³-hybridized carbons (Fsp3) is 0.435. The first kappa shape index (κ1) is 19.1. The second-order valence-corrected chi connectivity index (χ2v) is 8.19. The summed E-state index contributed by atoms with van der Waals surface area (Å²) in [5.74, 6) is 0.309. The molecule has 2 N–H and O–H groups in total. The molecule has 0 spiro atoms. The van der Waals surface area contributed by atoms with E-state index in [1.165, 1.54) is 24.1 Å². The number of ether oxygens (including phenoxy) is 1. The zero-order chi connectivity index (χ0) is 20.5. The summed E-state index contributed by atoms with van der Waals surface area (Å²) >= 11 is 0. The van der Waals surface area contributed by atoms with Crippen LogP contribution in [0.1, 0.15) is 37.2 Å². The summed E-state index contributed by atoms with van der Waals surface area (Å²) < 4.78 is 7.44. The first-order valence-electron chi connectivity index (χ1n) is 10.8. The Morgan fingerprint density at radius 2 is 1.93 bits per heavy atom. The molecule has 0 bridgehead atoms. The van der Waals surface area contributed by atoms with E-state index in [4.69, 9.17) is 15.5 Å². The summed E-state index contributed by atoms with van der Waals surface area (Å²) in [7, 11) is 0. The van der Waals surface area contributed by atoms with E-state index in [2.05, 4.69) is 40.3 Å². The number of morpholine rings is 1. The van der Waals surface area contributed by atoms with Crippen molar-refractivity contribution in [2.24, 2.45) is 5.73 Å². The van der Waals surface area contributed by atoms with Crippen molar-refractivity contribution in [1.29, 1.82) is 0 Å². The molecule has 1 aliphatic carbocycles. The van der Waals surface area contributed by atoms with Crippen molar-refractivity contribution >= 4 is 22.6 Å². The zero-order valence-electron chi connectivity index (χ0n) is 17.1. The number of carbonyl (C=O) groups excluding carboxylic acids is 1. The number of rotatable bonds is 7. The third-order valence-electron chi connectivity index (χ3n) is 5.98. The molecule has 3 aromatic rings. The number of hydrogen-bond donors (Lipinski definition) is 1. The van der Waals surface area contributed by atoms with Gasteiger partial charge < -0.3 is 15.4 Å². The van der Waals surface area contributed by atoms with Gasteiger partial charge in [-0.25, -0.2) is 4.98 Å². The van der Waals surface area contributed by atoms with Crippen molar-refractivity contribution in [2.75, 3.05) is 31.2 Å². The molecule has 7 heteroatoms. The maximum Gasteiger partial charge on any atom is 0.217 e. The standard InChI is InChI=1S/C23H27N5O2/c24-22(29)2-1-9-28-23-19(16-3-4-16)14-20(26-21(23)15-25-28)17-5-7-18(8-6-17)27-10-12-30-13-11-27/h5-8,14-16H,1-4,9-13H2,(H2,24,29). The third kappa shape index (κ3) is 3.89. The number of nitrogens with zero attached hydrogens (tertiary/aromatic N) is 4. The van der Waals surface area contributed by atoms with Gasteiger partial charge in [-0.3, -0.25) is 9.48 Å². The number of carbonyl (C=O) groups is 1. The van der Waals surface area contributed by atoms with Gasteiger partial charge in [0.25, 0.3) is 0 Å². The Morgan fingerprint density at radius 3 is 2.63 bits per heavy atom. The predicted octanol–water partition coefficient (Wildman–Crippen LogP) is 3.08. The molecule has 1 saturated carbocycles. The molecule has 7 nitrogen and oxygen atoms in total. The number of pyridine rings is 1. The van der Waals surface area contributed by atoms with Crippen molar-refractivity contribution < 1.29 is 9.53 Å². The van der Waals surface area contributed by atoms with Crippen molar-refractivity contribution in [3.05, 3.63) is 42.1 Å². The summed E-state index contributed by atoms with van der Waals surface area (Å²) in [5, 5.41) is 4.56. The summed E-state index contributed by atoms with van der Waals surface area (Å²) in [6.07, 6.45) is 5.33. The van der Waals surface area contributed by atoms with Gasteiger partial charge in [-0.1, -0.05) is 12.1 Å². The van der Waals surface area contributed by atoms with E-state index in [-0.39, 0.29) is 5.91 Å². The summed E-state index contributed by atoms with van der Waals surface area (Å²) in [4.78, 5) is 18.3. The largest absolute Gasteiger partial charge is 0.378 e. The molecule has 2 aromatic heterocycles. The van der Waals surface area contributed by atoms with Crippen LogP contribution in [0.25, 0.3) is 22.3 Å². The van der Waals surface area contributed by atoms with Crippen LogP contribution in [0.15, 0.2) is 36.5 Å². The Hall–Kier alpha value is -2.93. The quantitative estimate of drug-likeness (QED) is 0.653. The molecule has 1 amide bonds. The third-order valence-corrected chi connectivity index (χ3v) is 5.98. The van der Waals surface area contributed by atoms with Crippen molar-refractivity contribution in [1.82, 2.24) is 14.8 Å². The van der Waals surface area contributed by atoms with Crippen LogP contribution in [0.5, 0.6) is 0 Å². The number of aromatic nitrogens is 3. The van der Waals surface area contributed by atoms with Gasteiger partial charge in [0.15, 0.2) is 0 Å². The molecule has 156 valence electrons. The fourth-order valence-corrected chi connectivity index (χ4v) is 4.22. The van der Waals surface area contributed by atoms with Crippen LogP contribution in [-0.4, -0.2) is 47.0 Å². The minimum atomic E-state index is -0.269. The van der Waals surface area contributed by atoms with Crippen LogP contribution in [0.3, 0.4) is 0 Å². The average Bonchev–Trinajstić information content (AvgIpc) is 3.54. The lowest BCUT2D eigenvalue weighted by Crippen LogP contribution is -2.36. The van der Waals surface area contributed by atoms with Crippen LogP contribution < -0.4 is 10.6 Å². The van der Waals surface area contributed by atoms with Gasteiger partial charge in [-0.05, 0) is 48.9 Å². The highest BCUT2D eigenvalue weighted by atomic mass is 16.5. The van der Waals surface area contributed by atoms with Crippen LogP contribution in [0, 0.1) is 0 Å². The second-order valence-electron chi connectivity index (χ2n) is 8.19. The van der Waals surface area contributed by atoms with Crippen molar-refractivity contribution in [2.45, 2.75) is 38.1 Å². The van der Waals surface area contributed by atoms with Gasteiger partial charge in [0.2, 0.25) is 5.91 Å². The van der Waals surface area contributed by atoms with E-state index in [9.17, 15) is 4.79 Å². The van der Waals surface area contributed by atoms with Gasteiger partial charge in [0.05, 0.1) is 30.6 Å². The van der Waals surface area contributed by atoms with Gasteiger partial charge >= 0.3 is 0 Å². The number of anilines is 1. The lowest BCUT2D eigenvalue weighted by atomic mass is 10.0. The second kappa shape index (κ2) is 8.07. The average molecular weight is 406 g/mol. The van der Waals surface area contributed by atoms with E-state index >= 15 is 0 Å².